The van der Waals surface area contributed by atoms with Gasteiger partial charge < -0.3 is 9.57 Å². The molecule has 0 unspecified atom stereocenters. The van der Waals surface area contributed by atoms with Gasteiger partial charge in [0, 0.05) is 24.2 Å². The van der Waals surface area contributed by atoms with Crippen molar-refractivity contribution in [3.8, 4) is 11.5 Å². The molecule has 3 aromatic rings. The molecule has 1 fully saturated rings. The van der Waals surface area contributed by atoms with Crippen LogP contribution in [0.4, 0.5) is 14.6 Å². The van der Waals surface area contributed by atoms with Crippen molar-refractivity contribution in [2.75, 3.05) is 5.48 Å². The number of rotatable bonds is 6. The van der Waals surface area contributed by atoms with Crippen LogP contribution in [0.5, 0.6) is 11.5 Å². The van der Waals surface area contributed by atoms with Crippen molar-refractivity contribution in [1.82, 2.24) is 14.6 Å². The highest BCUT2D eigenvalue weighted by atomic mass is 19.3. The Labute approximate surface area is 136 Å². The van der Waals surface area contributed by atoms with E-state index in [4.69, 9.17) is 4.84 Å². The predicted octanol–water partition coefficient (Wildman–Crippen LogP) is 3.61. The van der Waals surface area contributed by atoms with Crippen LogP contribution in [0.2, 0.25) is 0 Å². The SMILES string of the molecule is FC(F)Oc1ccc(ONc2ccnc3cc(C4CC4)nn23)cc1. The first-order chi connectivity index (χ1) is 11.7. The van der Waals surface area contributed by atoms with Crippen molar-refractivity contribution in [3.63, 3.8) is 0 Å². The van der Waals surface area contributed by atoms with Gasteiger partial charge in [0.15, 0.2) is 17.2 Å². The summed E-state index contributed by atoms with van der Waals surface area (Å²) in [6.07, 6.45) is 3.99. The standard InChI is InChI=1S/C16H14F2N4O2/c17-16(18)23-11-3-5-12(6-4-11)24-21-14-7-8-19-15-9-13(10-1-2-10)20-22(14)15/h3-10,16,21H,1-2H2. The van der Waals surface area contributed by atoms with Gasteiger partial charge in [-0.2, -0.15) is 18.4 Å². The molecule has 1 aliphatic rings. The van der Waals surface area contributed by atoms with E-state index in [-0.39, 0.29) is 5.75 Å². The number of fused-ring (bicyclic) bond motifs is 1. The number of alkyl halides is 2. The quantitative estimate of drug-likeness (QED) is 0.699. The molecule has 124 valence electrons. The average molecular weight is 332 g/mol. The topological polar surface area (TPSA) is 60.7 Å². The van der Waals surface area contributed by atoms with Gasteiger partial charge >= 0.3 is 6.61 Å². The maximum atomic E-state index is 12.1. The normalized spacial score (nSPS) is 14.1. The van der Waals surface area contributed by atoms with Crippen LogP contribution in [-0.2, 0) is 0 Å². The van der Waals surface area contributed by atoms with Gasteiger partial charge in [-0.15, -0.1) is 0 Å². The van der Waals surface area contributed by atoms with Gasteiger partial charge in [0.25, 0.3) is 0 Å². The zero-order valence-electron chi connectivity index (χ0n) is 12.5. The summed E-state index contributed by atoms with van der Waals surface area (Å²) in [4.78, 5) is 9.75. The summed E-state index contributed by atoms with van der Waals surface area (Å²) in [5.74, 6) is 1.68. The van der Waals surface area contributed by atoms with E-state index in [1.807, 2.05) is 6.07 Å². The minimum absolute atomic E-state index is 0.0739. The second-order valence-corrected chi connectivity index (χ2v) is 5.50. The Morgan fingerprint density at radius 2 is 1.88 bits per heavy atom. The lowest BCUT2D eigenvalue weighted by molar-refractivity contribution is -0.0498. The molecule has 24 heavy (non-hydrogen) atoms. The highest BCUT2D eigenvalue weighted by Crippen LogP contribution is 2.39. The number of benzene rings is 1. The van der Waals surface area contributed by atoms with E-state index >= 15 is 0 Å². The Morgan fingerprint density at radius 1 is 1.12 bits per heavy atom. The summed E-state index contributed by atoms with van der Waals surface area (Å²) in [6, 6.07) is 9.59. The summed E-state index contributed by atoms with van der Waals surface area (Å²) in [6.45, 7) is -2.85. The largest absolute Gasteiger partial charge is 0.435 e. The predicted molar refractivity (Wildman–Crippen MR) is 82.3 cm³/mol. The van der Waals surface area contributed by atoms with E-state index in [0.717, 1.165) is 24.2 Å². The molecule has 6 nitrogen and oxygen atoms in total. The smallest absolute Gasteiger partial charge is 0.387 e. The highest BCUT2D eigenvalue weighted by molar-refractivity contribution is 5.49. The third-order valence-electron chi connectivity index (χ3n) is 3.69. The van der Waals surface area contributed by atoms with Crippen LogP contribution in [0.25, 0.3) is 5.65 Å². The van der Waals surface area contributed by atoms with E-state index in [0.29, 0.717) is 17.5 Å². The fourth-order valence-corrected chi connectivity index (χ4v) is 2.37. The van der Waals surface area contributed by atoms with Gasteiger partial charge in [-0.05, 0) is 37.1 Å². The van der Waals surface area contributed by atoms with Crippen molar-refractivity contribution in [2.24, 2.45) is 0 Å². The molecule has 0 bridgehead atoms. The second-order valence-electron chi connectivity index (χ2n) is 5.50. The van der Waals surface area contributed by atoms with Gasteiger partial charge in [0.2, 0.25) is 0 Å². The van der Waals surface area contributed by atoms with Crippen molar-refractivity contribution in [1.29, 1.82) is 0 Å². The Balaban J connectivity index is 1.48. The number of hydrogen-bond acceptors (Lipinski definition) is 5. The van der Waals surface area contributed by atoms with Crippen molar-refractivity contribution < 1.29 is 18.4 Å². The lowest BCUT2D eigenvalue weighted by atomic mass is 10.3. The molecular formula is C16H14F2N4O2. The molecule has 0 radical (unpaired) electrons. The monoisotopic (exact) mass is 332 g/mol. The molecule has 0 atom stereocenters. The molecule has 1 aromatic carbocycles. The Kier molecular flexibility index (Phi) is 3.64. The number of nitrogens with one attached hydrogen (secondary N) is 1. The first kappa shape index (κ1) is 14.7. The van der Waals surface area contributed by atoms with Crippen molar-refractivity contribution in [2.45, 2.75) is 25.4 Å². The minimum atomic E-state index is -2.85. The van der Waals surface area contributed by atoms with E-state index < -0.39 is 6.61 Å². The molecular weight excluding hydrogens is 318 g/mol. The fourth-order valence-electron chi connectivity index (χ4n) is 2.37. The Bertz CT molecular complexity index is 847. The maximum Gasteiger partial charge on any atom is 0.387 e. The lowest BCUT2D eigenvalue weighted by Crippen LogP contribution is -2.09. The molecule has 4 rings (SSSR count). The number of halogens is 2. The molecule has 1 saturated carbocycles. The highest BCUT2D eigenvalue weighted by Gasteiger charge is 2.26. The van der Waals surface area contributed by atoms with E-state index in [2.05, 4.69) is 20.3 Å². The Morgan fingerprint density at radius 3 is 2.58 bits per heavy atom. The molecule has 0 saturated heterocycles. The van der Waals surface area contributed by atoms with Gasteiger partial charge in [-0.1, -0.05) is 0 Å². The van der Waals surface area contributed by atoms with E-state index in [1.165, 1.54) is 24.3 Å². The summed E-state index contributed by atoms with van der Waals surface area (Å²) in [7, 11) is 0. The van der Waals surface area contributed by atoms with Gasteiger partial charge in [0.1, 0.15) is 5.75 Å². The second kappa shape index (κ2) is 5.95. The van der Waals surface area contributed by atoms with Gasteiger partial charge in [0.05, 0.1) is 5.69 Å². The van der Waals surface area contributed by atoms with Gasteiger partial charge in [-0.25, -0.2) is 10.5 Å². The third kappa shape index (κ3) is 3.08. The number of hydrogen-bond donors (Lipinski definition) is 1. The molecule has 2 heterocycles. The summed E-state index contributed by atoms with van der Waals surface area (Å²) >= 11 is 0. The van der Waals surface area contributed by atoms with Crippen LogP contribution in [0.1, 0.15) is 24.5 Å². The van der Waals surface area contributed by atoms with E-state index in [1.54, 1.807) is 16.8 Å². The third-order valence-corrected chi connectivity index (χ3v) is 3.69. The van der Waals surface area contributed by atoms with Crippen LogP contribution in [-0.4, -0.2) is 21.2 Å². The number of anilines is 1. The first-order valence-electron chi connectivity index (χ1n) is 7.51. The first-order valence-corrected chi connectivity index (χ1v) is 7.51. The molecule has 2 aromatic heterocycles. The van der Waals surface area contributed by atoms with Crippen LogP contribution in [0.15, 0.2) is 42.6 Å². The van der Waals surface area contributed by atoms with Crippen LogP contribution in [0, 0.1) is 0 Å². The minimum Gasteiger partial charge on any atom is -0.435 e. The zero-order chi connectivity index (χ0) is 16.5. The van der Waals surface area contributed by atoms with Crippen LogP contribution >= 0.6 is 0 Å². The molecule has 0 amide bonds. The summed E-state index contributed by atoms with van der Waals surface area (Å²) in [5, 5.41) is 4.54. The number of aromatic nitrogens is 3. The van der Waals surface area contributed by atoms with E-state index in [9.17, 15) is 8.78 Å². The average Bonchev–Trinajstić information content (AvgIpc) is 3.32. The van der Waals surface area contributed by atoms with Crippen LogP contribution in [0.3, 0.4) is 0 Å². The summed E-state index contributed by atoms with van der Waals surface area (Å²) < 4.78 is 30.2. The summed E-state index contributed by atoms with van der Waals surface area (Å²) in [5.41, 5.74) is 4.58. The van der Waals surface area contributed by atoms with Crippen molar-refractivity contribution in [3.05, 3.63) is 48.3 Å². The Hall–Kier alpha value is -2.90. The number of ether oxygens (including phenoxy) is 1. The lowest BCUT2D eigenvalue weighted by Gasteiger charge is -2.10. The maximum absolute atomic E-state index is 12.1. The molecule has 0 aliphatic heterocycles. The van der Waals surface area contributed by atoms with Crippen molar-refractivity contribution >= 4 is 11.5 Å². The fraction of sp³-hybridized carbons (Fsp3) is 0.250. The molecule has 1 aliphatic carbocycles. The molecule has 8 heteroatoms. The van der Waals surface area contributed by atoms with Gasteiger partial charge in [-0.3, -0.25) is 0 Å². The molecule has 1 N–H and O–H groups in total. The zero-order valence-corrected chi connectivity index (χ0v) is 12.5. The molecule has 0 spiro atoms. The van der Waals surface area contributed by atoms with Crippen LogP contribution < -0.4 is 15.1 Å². The number of nitrogens with zero attached hydrogens (tertiary/aromatic N) is 3.